The minimum Gasteiger partial charge on any atom is -0.368 e. The van der Waals surface area contributed by atoms with Gasteiger partial charge in [-0.15, -0.1) is 0 Å². The molecule has 2 heterocycles. The normalized spacial score (nSPS) is 15.8. The number of non-ortho nitro benzene ring substituents is 1. The Morgan fingerprint density at radius 2 is 2.04 bits per heavy atom. The van der Waals surface area contributed by atoms with Crippen LogP contribution in [-0.2, 0) is 6.54 Å². The van der Waals surface area contributed by atoms with E-state index in [1.54, 1.807) is 6.07 Å². The van der Waals surface area contributed by atoms with Gasteiger partial charge in [0.25, 0.3) is 5.69 Å². The van der Waals surface area contributed by atoms with Gasteiger partial charge in [-0.1, -0.05) is 16.8 Å². The molecule has 1 saturated heterocycles. The van der Waals surface area contributed by atoms with Crippen LogP contribution in [0.15, 0.2) is 28.8 Å². The highest BCUT2D eigenvalue weighted by atomic mass is 35.5. The van der Waals surface area contributed by atoms with Gasteiger partial charge >= 0.3 is 0 Å². The molecule has 0 bridgehead atoms. The van der Waals surface area contributed by atoms with E-state index in [1.807, 2.05) is 13.0 Å². The molecule has 1 aliphatic heterocycles. The number of nitrogens with zero attached hydrogens (tertiary/aromatic N) is 4. The number of hydrogen-bond donors (Lipinski definition) is 0. The Hall–Kier alpha value is -2.12. The van der Waals surface area contributed by atoms with Crippen molar-refractivity contribution in [2.24, 2.45) is 0 Å². The third-order valence-corrected chi connectivity index (χ3v) is 4.21. The van der Waals surface area contributed by atoms with Crippen LogP contribution in [-0.4, -0.2) is 41.2 Å². The summed E-state index contributed by atoms with van der Waals surface area (Å²) in [7, 11) is 0. The SMILES string of the molecule is Cc1cc(CN2CCN(c3ccc([N+](=O)[O-])cc3Cl)CC2)on1. The van der Waals surface area contributed by atoms with Crippen molar-refractivity contribution in [2.45, 2.75) is 13.5 Å². The third kappa shape index (κ3) is 3.62. The van der Waals surface area contributed by atoms with Gasteiger partial charge in [-0.25, -0.2) is 0 Å². The van der Waals surface area contributed by atoms with Crippen LogP contribution in [0.3, 0.4) is 0 Å². The number of nitro benzene ring substituents is 1. The van der Waals surface area contributed by atoms with Gasteiger partial charge in [0, 0.05) is 44.4 Å². The molecule has 0 saturated carbocycles. The minimum absolute atomic E-state index is 0.0121. The Morgan fingerprint density at radius 1 is 1.30 bits per heavy atom. The standard InChI is InChI=1S/C15H17ClN4O3/c1-11-8-13(23-17-11)10-18-4-6-19(7-5-18)15-3-2-12(20(21)22)9-14(15)16/h2-3,8-9H,4-7,10H2,1H3. The highest BCUT2D eigenvalue weighted by Crippen LogP contribution is 2.30. The number of aromatic nitrogens is 1. The van der Waals surface area contributed by atoms with Crippen molar-refractivity contribution < 1.29 is 9.45 Å². The fourth-order valence-electron chi connectivity index (χ4n) is 2.72. The van der Waals surface area contributed by atoms with Crippen LogP contribution in [0.2, 0.25) is 5.02 Å². The number of aryl methyl sites for hydroxylation is 1. The molecular formula is C15H17ClN4O3. The first-order valence-corrected chi connectivity index (χ1v) is 7.74. The van der Waals surface area contributed by atoms with Crippen molar-refractivity contribution in [3.05, 3.63) is 50.9 Å². The number of halogens is 1. The smallest absolute Gasteiger partial charge is 0.271 e. The van der Waals surface area contributed by atoms with Crippen LogP contribution in [0.1, 0.15) is 11.5 Å². The zero-order valence-corrected chi connectivity index (χ0v) is 13.5. The Kier molecular flexibility index (Phi) is 4.49. The maximum atomic E-state index is 10.8. The second kappa shape index (κ2) is 6.55. The summed E-state index contributed by atoms with van der Waals surface area (Å²) < 4.78 is 5.24. The maximum absolute atomic E-state index is 10.8. The molecule has 8 heteroatoms. The predicted molar refractivity (Wildman–Crippen MR) is 86.8 cm³/mol. The first kappa shape index (κ1) is 15.8. The summed E-state index contributed by atoms with van der Waals surface area (Å²) in [6, 6.07) is 6.56. The Bertz CT molecular complexity index is 710. The van der Waals surface area contributed by atoms with E-state index in [2.05, 4.69) is 15.0 Å². The van der Waals surface area contributed by atoms with Gasteiger partial charge in [0.2, 0.25) is 0 Å². The highest BCUT2D eigenvalue weighted by Gasteiger charge is 2.21. The third-order valence-electron chi connectivity index (χ3n) is 3.91. The van der Waals surface area contributed by atoms with Gasteiger partial charge in [0.15, 0.2) is 5.76 Å². The molecule has 0 N–H and O–H groups in total. The largest absolute Gasteiger partial charge is 0.368 e. The monoisotopic (exact) mass is 336 g/mol. The minimum atomic E-state index is -0.438. The molecule has 3 rings (SSSR count). The van der Waals surface area contributed by atoms with Gasteiger partial charge in [0.1, 0.15) is 0 Å². The van der Waals surface area contributed by atoms with E-state index < -0.39 is 4.92 Å². The molecule has 0 amide bonds. The fourth-order valence-corrected chi connectivity index (χ4v) is 3.02. The molecule has 1 aromatic heterocycles. The molecule has 2 aromatic rings. The predicted octanol–water partition coefficient (Wildman–Crippen LogP) is 2.87. The Labute approximate surface area is 138 Å². The average molecular weight is 337 g/mol. The van der Waals surface area contributed by atoms with Crippen molar-refractivity contribution in [3.8, 4) is 0 Å². The van der Waals surface area contributed by atoms with Gasteiger partial charge in [0.05, 0.1) is 27.9 Å². The first-order valence-electron chi connectivity index (χ1n) is 7.36. The van der Waals surface area contributed by atoms with Crippen LogP contribution in [0.4, 0.5) is 11.4 Å². The number of hydrogen-bond acceptors (Lipinski definition) is 6. The molecule has 1 aromatic carbocycles. The van der Waals surface area contributed by atoms with E-state index in [4.69, 9.17) is 16.1 Å². The molecule has 7 nitrogen and oxygen atoms in total. The number of rotatable bonds is 4. The Balaban J connectivity index is 1.61. The van der Waals surface area contributed by atoms with Crippen molar-refractivity contribution in [2.75, 3.05) is 31.1 Å². The van der Waals surface area contributed by atoms with Gasteiger partial charge < -0.3 is 9.42 Å². The summed E-state index contributed by atoms with van der Waals surface area (Å²) in [6.07, 6.45) is 0. The lowest BCUT2D eigenvalue weighted by atomic mass is 10.2. The summed E-state index contributed by atoms with van der Waals surface area (Å²) in [5.41, 5.74) is 1.74. The average Bonchev–Trinajstić information content (AvgIpc) is 2.93. The lowest BCUT2D eigenvalue weighted by Crippen LogP contribution is -2.46. The molecule has 23 heavy (non-hydrogen) atoms. The molecular weight excluding hydrogens is 320 g/mol. The van der Waals surface area contributed by atoms with Crippen molar-refractivity contribution in [1.82, 2.24) is 10.1 Å². The van der Waals surface area contributed by atoms with Crippen LogP contribution >= 0.6 is 11.6 Å². The van der Waals surface area contributed by atoms with Crippen LogP contribution in [0.5, 0.6) is 0 Å². The molecule has 0 aliphatic carbocycles. The van der Waals surface area contributed by atoms with E-state index in [9.17, 15) is 10.1 Å². The fraction of sp³-hybridized carbons (Fsp3) is 0.400. The van der Waals surface area contributed by atoms with E-state index in [1.165, 1.54) is 12.1 Å². The first-order chi connectivity index (χ1) is 11.0. The molecule has 0 unspecified atom stereocenters. The summed E-state index contributed by atoms with van der Waals surface area (Å²) >= 11 is 6.19. The van der Waals surface area contributed by atoms with Crippen LogP contribution < -0.4 is 4.90 Å². The van der Waals surface area contributed by atoms with Gasteiger partial charge in [-0.3, -0.25) is 15.0 Å². The van der Waals surface area contributed by atoms with Gasteiger partial charge in [-0.05, 0) is 13.0 Å². The lowest BCUT2D eigenvalue weighted by molar-refractivity contribution is -0.384. The van der Waals surface area contributed by atoms with Crippen LogP contribution in [0, 0.1) is 17.0 Å². The second-order valence-electron chi connectivity index (χ2n) is 5.59. The number of benzene rings is 1. The summed E-state index contributed by atoms with van der Waals surface area (Å²) in [6.45, 7) is 6.00. The topological polar surface area (TPSA) is 75.7 Å². The molecule has 0 spiro atoms. The zero-order valence-electron chi connectivity index (χ0n) is 12.7. The summed E-state index contributed by atoms with van der Waals surface area (Å²) in [5, 5.41) is 15.1. The lowest BCUT2D eigenvalue weighted by Gasteiger charge is -2.35. The van der Waals surface area contributed by atoms with Crippen LogP contribution in [0.25, 0.3) is 0 Å². The van der Waals surface area contributed by atoms with E-state index in [0.717, 1.165) is 49.9 Å². The van der Waals surface area contributed by atoms with Crippen molar-refractivity contribution in [1.29, 1.82) is 0 Å². The van der Waals surface area contributed by atoms with E-state index in [0.29, 0.717) is 5.02 Å². The molecule has 0 radical (unpaired) electrons. The van der Waals surface area contributed by atoms with Gasteiger partial charge in [-0.2, -0.15) is 0 Å². The molecule has 0 atom stereocenters. The molecule has 122 valence electrons. The number of nitro groups is 1. The summed E-state index contributed by atoms with van der Waals surface area (Å²) in [5.74, 6) is 0.865. The molecule has 1 aliphatic rings. The molecule has 1 fully saturated rings. The summed E-state index contributed by atoms with van der Waals surface area (Å²) in [4.78, 5) is 14.8. The maximum Gasteiger partial charge on any atom is 0.271 e. The number of piperazine rings is 1. The van der Waals surface area contributed by atoms with Crippen molar-refractivity contribution in [3.63, 3.8) is 0 Å². The van der Waals surface area contributed by atoms with E-state index in [-0.39, 0.29) is 5.69 Å². The highest BCUT2D eigenvalue weighted by molar-refractivity contribution is 6.33. The zero-order chi connectivity index (χ0) is 16.4. The quantitative estimate of drug-likeness (QED) is 0.631. The van der Waals surface area contributed by atoms with E-state index >= 15 is 0 Å². The second-order valence-corrected chi connectivity index (χ2v) is 6.00. The number of anilines is 1. The van der Waals surface area contributed by atoms with Crippen molar-refractivity contribution >= 4 is 23.0 Å². The Morgan fingerprint density at radius 3 is 2.61 bits per heavy atom.